The van der Waals surface area contributed by atoms with E-state index in [-0.39, 0.29) is 19.3 Å². The van der Waals surface area contributed by atoms with Crippen molar-refractivity contribution in [2.45, 2.75) is 6.04 Å². The largest absolute Gasteiger partial charge is 0.467 e. The molecule has 1 atom stereocenters. The predicted octanol–water partition coefficient (Wildman–Crippen LogP) is 0.458. The number of hydrogen-bond donors (Lipinski definition) is 2. The second-order valence-corrected chi connectivity index (χ2v) is 3.36. The standard InChI is InChI=1S/C11H16N2O3/c1-15-11(14)7-16-6-10(13)8-2-4-9(12)5-3-8/h2-5,10H,6-7,12-13H2,1H3. The summed E-state index contributed by atoms with van der Waals surface area (Å²) in [4.78, 5) is 10.8. The van der Waals surface area contributed by atoms with Crippen LogP contribution in [0.4, 0.5) is 5.69 Å². The van der Waals surface area contributed by atoms with Crippen LogP contribution in [-0.2, 0) is 14.3 Å². The van der Waals surface area contributed by atoms with Crippen molar-refractivity contribution in [1.82, 2.24) is 0 Å². The van der Waals surface area contributed by atoms with Crippen LogP contribution in [0.25, 0.3) is 0 Å². The molecular weight excluding hydrogens is 208 g/mol. The number of carbonyl (C=O) groups is 1. The zero-order valence-electron chi connectivity index (χ0n) is 9.18. The lowest BCUT2D eigenvalue weighted by molar-refractivity contribution is -0.146. The minimum Gasteiger partial charge on any atom is -0.467 e. The van der Waals surface area contributed by atoms with Gasteiger partial charge in [-0.3, -0.25) is 0 Å². The highest BCUT2D eigenvalue weighted by molar-refractivity contribution is 5.70. The zero-order chi connectivity index (χ0) is 12.0. The molecule has 0 aliphatic heterocycles. The number of carbonyl (C=O) groups excluding carboxylic acids is 1. The van der Waals surface area contributed by atoms with Gasteiger partial charge in [0.15, 0.2) is 0 Å². The van der Waals surface area contributed by atoms with Gasteiger partial charge in [-0.25, -0.2) is 4.79 Å². The number of methoxy groups -OCH3 is 1. The molecule has 0 saturated carbocycles. The third-order valence-electron chi connectivity index (χ3n) is 2.11. The topological polar surface area (TPSA) is 87.6 Å². The minimum atomic E-state index is -0.412. The van der Waals surface area contributed by atoms with E-state index in [1.165, 1.54) is 7.11 Å². The maximum absolute atomic E-state index is 10.8. The number of rotatable bonds is 5. The Morgan fingerprint density at radius 1 is 1.38 bits per heavy atom. The molecule has 1 unspecified atom stereocenters. The van der Waals surface area contributed by atoms with Gasteiger partial charge in [-0.1, -0.05) is 12.1 Å². The summed E-state index contributed by atoms with van der Waals surface area (Å²) in [7, 11) is 1.31. The molecule has 0 spiro atoms. The second kappa shape index (κ2) is 6.09. The van der Waals surface area contributed by atoms with Crippen molar-refractivity contribution in [3.63, 3.8) is 0 Å². The maximum Gasteiger partial charge on any atom is 0.331 e. The molecule has 0 aliphatic carbocycles. The third kappa shape index (κ3) is 3.88. The first kappa shape index (κ1) is 12.5. The predicted molar refractivity (Wildman–Crippen MR) is 60.6 cm³/mol. The lowest BCUT2D eigenvalue weighted by Gasteiger charge is -2.12. The molecule has 0 bridgehead atoms. The highest BCUT2D eigenvalue weighted by Crippen LogP contribution is 2.12. The molecule has 1 rings (SSSR count). The molecule has 5 nitrogen and oxygen atoms in total. The van der Waals surface area contributed by atoms with E-state index in [2.05, 4.69) is 4.74 Å². The minimum absolute atomic E-state index is 0.0842. The Balaban J connectivity index is 2.37. The summed E-state index contributed by atoms with van der Waals surface area (Å²) in [6.45, 7) is 0.179. The van der Waals surface area contributed by atoms with Crippen molar-refractivity contribution < 1.29 is 14.3 Å². The van der Waals surface area contributed by atoms with Crippen molar-refractivity contribution in [2.24, 2.45) is 5.73 Å². The highest BCUT2D eigenvalue weighted by Gasteiger charge is 2.07. The number of nitrogen functional groups attached to an aromatic ring is 1. The van der Waals surface area contributed by atoms with Gasteiger partial charge in [-0.15, -0.1) is 0 Å². The van der Waals surface area contributed by atoms with Crippen LogP contribution in [0, 0.1) is 0 Å². The maximum atomic E-state index is 10.8. The fourth-order valence-electron chi connectivity index (χ4n) is 1.17. The molecule has 0 fully saturated rings. The number of esters is 1. The van der Waals surface area contributed by atoms with Crippen LogP contribution in [0.2, 0.25) is 0 Å². The fourth-order valence-corrected chi connectivity index (χ4v) is 1.17. The normalized spacial score (nSPS) is 12.1. The Kier molecular flexibility index (Phi) is 4.75. The number of anilines is 1. The molecule has 0 heterocycles. The molecular formula is C11H16N2O3. The molecule has 5 heteroatoms. The average Bonchev–Trinajstić information content (AvgIpc) is 2.29. The van der Waals surface area contributed by atoms with Gasteiger partial charge in [-0.05, 0) is 17.7 Å². The van der Waals surface area contributed by atoms with E-state index in [1.54, 1.807) is 12.1 Å². The summed E-state index contributed by atoms with van der Waals surface area (Å²) in [6.07, 6.45) is 0. The van der Waals surface area contributed by atoms with E-state index in [4.69, 9.17) is 16.2 Å². The molecule has 0 amide bonds. The van der Waals surface area contributed by atoms with E-state index >= 15 is 0 Å². The molecule has 1 aromatic rings. The first-order valence-electron chi connectivity index (χ1n) is 4.89. The average molecular weight is 224 g/mol. The van der Waals surface area contributed by atoms with Gasteiger partial charge >= 0.3 is 5.97 Å². The zero-order valence-corrected chi connectivity index (χ0v) is 9.18. The lowest BCUT2D eigenvalue weighted by atomic mass is 10.1. The van der Waals surface area contributed by atoms with Crippen LogP contribution < -0.4 is 11.5 Å². The summed E-state index contributed by atoms with van der Waals surface area (Å²) in [6, 6.07) is 6.94. The van der Waals surface area contributed by atoms with Gasteiger partial charge < -0.3 is 20.9 Å². The van der Waals surface area contributed by atoms with Crippen LogP contribution in [-0.4, -0.2) is 26.3 Å². The van der Waals surface area contributed by atoms with Crippen LogP contribution >= 0.6 is 0 Å². The van der Waals surface area contributed by atoms with Gasteiger partial charge in [0, 0.05) is 5.69 Å². The Bertz CT molecular complexity index is 338. The van der Waals surface area contributed by atoms with E-state index in [0.29, 0.717) is 5.69 Å². The van der Waals surface area contributed by atoms with Gasteiger partial charge in [0.1, 0.15) is 6.61 Å². The first-order chi connectivity index (χ1) is 7.63. The van der Waals surface area contributed by atoms with E-state index in [9.17, 15) is 4.79 Å². The van der Waals surface area contributed by atoms with Crippen molar-refractivity contribution in [3.8, 4) is 0 Å². The molecule has 4 N–H and O–H groups in total. The third-order valence-corrected chi connectivity index (χ3v) is 2.11. The first-order valence-corrected chi connectivity index (χ1v) is 4.89. The van der Waals surface area contributed by atoms with Crippen molar-refractivity contribution in [3.05, 3.63) is 29.8 Å². The molecule has 0 aromatic heterocycles. The Morgan fingerprint density at radius 2 is 2.00 bits per heavy atom. The molecule has 1 aromatic carbocycles. The molecule has 0 aliphatic rings. The van der Waals surface area contributed by atoms with Crippen LogP contribution in [0.5, 0.6) is 0 Å². The summed E-state index contributed by atoms with van der Waals surface area (Å²) in [5, 5.41) is 0. The molecule has 16 heavy (non-hydrogen) atoms. The van der Waals surface area contributed by atoms with Gasteiger partial charge in [0.25, 0.3) is 0 Å². The van der Waals surface area contributed by atoms with Crippen molar-refractivity contribution in [1.29, 1.82) is 0 Å². The van der Waals surface area contributed by atoms with Crippen LogP contribution in [0.1, 0.15) is 11.6 Å². The lowest BCUT2D eigenvalue weighted by Crippen LogP contribution is -2.20. The number of ether oxygens (including phenoxy) is 2. The summed E-state index contributed by atoms with van der Waals surface area (Å²) in [5.74, 6) is -0.412. The summed E-state index contributed by atoms with van der Waals surface area (Å²) >= 11 is 0. The van der Waals surface area contributed by atoms with E-state index in [1.807, 2.05) is 12.1 Å². The quantitative estimate of drug-likeness (QED) is 0.560. The van der Waals surface area contributed by atoms with Crippen LogP contribution in [0.3, 0.4) is 0 Å². The Labute approximate surface area is 94.3 Å². The molecule has 0 saturated heterocycles. The van der Waals surface area contributed by atoms with Crippen molar-refractivity contribution >= 4 is 11.7 Å². The number of hydrogen-bond acceptors (Lipinski definition) is 5. The monoisotopic (exact) mass is 224 g/mol. The smallest absolute Gasteiger partial charge is 0.331 e. The van der Waals surface area contributed by atoms with E-state index in [0.717, 1.165) is 5.56 Å². The number of benzene rings is 1. The Hall–Kier alpha value is -1.59. The van der Waals surface area contributed by atoms with Crippen molar-refractivity contribution in [2.75, 3.05) is 26.1 Å². The summed E-state index contributed by atoms with van der Waals surface area (Å²) in [5.41, 5.74) is 13.0. The van der Waals surface area contributed by atoms with Gasteiger partial charge in [0.2, 0.25) is 0 Å². The summed E-state index contributed by atoms with van der Waals surface area (Å²) < 4.78 is 9.53. The number of nitrogens with two attached hydrogens (primary N) is 2. The molecule has 88 valence electrons. The highest BCUT2D eigenvalue weighted by atomic mass is 16.6. The molecule has 0 radical (unpaired) electrons. The van der Waals surface area contributed by atoms with Gasteiger partial charge in [-0.2, -0.15) is 0 Å². The second-order valence-electron chi connectivity index (χ2n) is 3.36. The van der Waals surface area contributed by atoms with Crippen LogP contribution in [0.15, 0.2) is 24.3 Å². The van der Waals surface area contributed by atoms with E-state index < -0.39 is 5.97 Å². The fraction of sp³-hybridized carbons (Fsp3) is 0.364. The SMILES string of the molecule is COC(=O)COCC(N)c1ccc(N)cc1. The Morgan fingerprint density at radius 3 is 2.56 bits per heavy atom. The van der Waals surface area contributed by atoms with Gasteiger partial charge in [0.05, 0.1) is 19.8 Å².